The number of hydrogen-bond acceptors (Lipinski definition) is 5. The van der Waals surface area contributed by atoms with Gasteiger partial charge in [0.05, 0.1) is 6.61 Å². The summed E-state index contributed by atoms with van der Waals surface area (Å²) in [6.07, 6.45) is 4.68. The second kappa shape index (κ2) is 5.24. The lowest BCUT2D eigenvalue weighted by Crippen LogP contribution is -1.99. The third-order valence-corrected chi connectivity index (χ3v) is 3.11. The molecule has 0 amide bonds. The van der Waals surface area contributed by atoms with E-state index in [9.17, 15) is 0 Å². The average Bonchev–Trinajstić information content (AvgIpc) is 3.09. The molecule has 3 rings (SSSR count). The Morgan fingerprint density at radius 2 is 2.05 bits per heavy atom. The number of rotatable bonds is 3. The van der Waals surface area contributed by atoms with Crippen molar-refractivity contribution in [2.75, 3.05) is 18.9 Å². The zero-order valence-electron chi connectivity index (χ0n) is 10.5. The molecule has 2 aromatic rings. The Kier molecular flexibility index (Phi) is 3.29. The van der Waals surface area contributed by atoms with E-state index in [1.54, 1.807) is 6.08 Å². The van der Waals surface area contributed by atoms with Crippen molar-refractivity contribution in [1.82, 2.24) is 10.1 Å². The van der Waals surface area contributed by atoms with Gasteiger partial charge in [0, 0.05) is 24.3 Å². The van der Waals surface area contributed by atoms with Crippen molar-refractivity contribution >= 4 is 17.8 Å². The molecule has 1 unspecified atom stereocenters. The molecule has 1 aromatic heterocycles. The van der Waals surface area contributed by atoms with Gasteiger partial charge in [-0.15, -0.1) is 0 Å². The molecule has 5 heteroatoms. The standard InChI is InChI=1S/C14H15N3O2/c15-12-4-1-10(2-5-12)3-6-13-16-14(17-19-13)11-7-8-18-9-11/h1-6,11H,7-9,15H2/b6-3+. The van der Waals surface area contributed by atoms with Crippen molar-refractivity contribution < 1.29 is 9.26 Å². The predicted molar refractivity (Wildman–Crippen MR) is 72.3 cm³/mol. The van der Waals surface area contributed by atoms with E-state index in [2.05, 4.69) is 10.1 Å². The molecular weight excluding hydrogens is 242 g/mol. The fourth-order valence-corrected chi connectivity index (χ4v) is 1.99. The number of benzene rings is 1. The minimum Gasteiger partial charge on any atom is -0.399 e. The Morgan fingerprint density at radius 3 is 2.79 bits per heavy atom. The van der Waals surface area contributed by atoms with Gasteiger partial charge in [-0.1, -0.05) is 17.3 Å². The monoisotopic (exact) mass is 257 g/mol. The molecule has 0 saturated carbocycles. The summed E-state index contributed by atoms with van der Waals surface area (Å²) in [6, 6.07) is 7.59. The first kappa shape index (κ1) is 11.9. The SMILES string of the molecule is Nc1ccc(/C=C/c2nc(C3CCOC3)no2)cc1. The van der Waals surface area contributed by atoms with Gasteiger partial charge in [-0.25, -0.2) is 0 Å². The summed E-state index contributed by atoms with van der Waals surface area (Å²) in [4.78, 5) is 4.36. The van der Waals surface area contributed by atoms with E-state index in [-0.39, 0.29) is 5.92 Å². The number of nitrogens with zero attached hydrogens (tertiary/aromatic N) is 2. The molecule has 1 aliphatic heterocycles. The lowest BCUT2D eigenvalue weighted by molar-refractivity contribution is 0.192. The van der Waals surface area contributed by atoms with Gasteiger partial charge in [0.25, 0.3) is 5.89 Å². The highest BCUT2D eigenvalue weighted by atomic mass is 16.5. The predicted octanol–water partition coefficient (Wildman–Crippen LogP) is 2.33. The van der Waals surface area contributed by atoms with Gasteiger partial charge in [-0.3, -0.25) is 0 Å². The van der Waals surface area contributed by atoms with Crippen molar-refractivity contribution in [2.45, 2.75) is 12.3 Å². The summed E-state index contributed by atoms with van der Waals surface area (Å²) >= 11 is 0. The van der Waals surface area contributed by atoms with E-state index < -0.39 is 0 Å². The van der Waals surface area contributed by atoms with Crippen LogP contribution in [0, 0.1) is 0 Å². The van der Waals surface area contributed by atoms with E-state index in [1.807, 2.05) is 30.3 Å². The van der Waals surface area contributed by atoms with Crippen LogP contribution >= 0.6 is 0 Å². The van der Waals surface area contributed by atoms with Gasteiger partial charge in [0.2, 0.25) is 0 Å². The lowest BCUT2D eigenvalue weighted by Gasteiger charge is -1.97. The average molecular weight is 257 g/mol. The van der Waals surface area contributed by atoms with Gasteiger partial charge in [0.1, 0.15) is 0 Å². The van der Waals surface area contributed by atoms with Crippen LogP contribution in [-0.2, 0) is 4.74 Å². The molecule has 1 saturated heterocycles. The molecule has 0 spiro atoms. The maximum absolute atomic E-state index is 5.63. The van der Waals surface area contributed by atoms with E-state index >= 15 is 0 Å². The van der Waals surface area contributed by atoms with E-state index in [0.717, 1.165) is 30.1 Å². The summed E-state index contributed by atoms with van der Waals surface area (Å²) in [5.41, 5.74) is 7.42. The van der Waals surface area contributed by atoms with Gasteiger partial charge >= 0.3 is 0 Å². The largest absolute Gasteiger partial charge is 0.399 e. The fourth-order valence-electron chi connectivity index (χ4n) is 1.99. The van der Waals surface area contributed by atoms with E-state index in [0.29, 0.717) is 12.5 Å². The minimum atomic E-state index is 0.266. The molecule has 2 heterocycles. The Hall–Kier alpha value is -2.14. The number of hydrogen-bond donors (Lipinski definition) is 1. The number of ether oxygens (including phenoxy) is 1. The second-order valence-electron chi connectivity index (χ2n) is 4.55. The van der Waals surface area contributed by atoms with Gasteiger partial charge in [0.15, 0.2) is 5.82 Å². The van der Waals surface area contributed by atoms with Crippen LogP contribution in [0.3, 0.4) is 0 Å². The van der Waals surface area contributed by atoms with Crippen LogP contribution < -0.4 is 5.73 Å². The fraction of sp³-hybridized carbons (Fsp3) is 0.286. The molecule has 5 nitrogen and oxygen atoms in total. The van der Waals surface area contributed by atoms with Crippen LogP contribution in [-0.4, -0.2) is 23.4 Å². The Labute approximate surface area is 111 Å². The third-order valence-electron chi connectivity index (χ3n) is 3.11. The van der Waals surface area contributed by atoms with Crippen molar-refractivity contribution in [3.05, 3.63) is 41.5 Å². The molecular formula is C14H15N3O2. The summed E-state index contributed by atoms with van der Waals surface area (Å²) in [5, 5.41) is 3.99. The highest BCUT2D eigenvalue weighted by Gasteiger charge is 2.22. The zero-order valence-corrected chi connectivity index (χ0v) is 10.5. The molecule has 0 aliphatic carbocycles. The van der Waals surface area contributed by atoms with Crippen LogP contribution in [0.25, 0.3) is 12.2 Å². The molecule has 19 heavy (non-hydrogen) atoms. The molecule has 98 valence electrons. The molecule has 0 bridgehead atoms. The maximum atomic E-state index is 5.63. The molecule has 1 aromatic carbocycles. The maximum Gasteiger partial charge on any atom is 0.250 e. The summed E-state index contributed by atoms with van der Waals surface area (Å²) in [6.45, 7) is 1.45. The van der Waals surface area contributed by atoms with Crippen LogP contribution in [0.4, 0.5) is 5.69 Å². The van der Waals surface area contributed by atoms with Crippen LogP contribution in [0.15, 0.2) is 28.8 Å². The number of aromatic nitrogens is 2. The molecule has 1 aliphatic rings. The first-order valence-electron chi connectivity index (χ1n) is 6.26. The molecule has 2 N–H and O–H groups in total. The molecule has 1 fully saturated rings. The van der Waals surface area contributed by atoms with Crippen molar-refractivity contribution in [3.8, 4) is 0 Å². The smallest absolute Gasteiger partial charge is 0.250 e. The summed E-state index contributed by atoms with van der Waals surface area (Å²) < 4.78 is 10.5. The normalized spacial score (nSPS) is 19.3. The molecule has 1 atom stereocenters. The highest BCUT2D eigenvalue weighted by Crippen LogP contribution is 2.22. The minimum absolute atomic E-state index is 0.266. The van der Waals surface area contributed by atoms with Gasteiger partial charge in [-0.05, 0) is 30.2 Å². The third kappa shape index (κ3) is 2.82. The highest BCUT2D eigenvalue weighted by molar-refractivity contribution is 5.66. The summed E-state index contributed by atoms with van der Waals surface area (Å²) in [5.74, 6) is 1.51. The Bertz CT molecular complexity index is 569. The number of anilines is 1. The number of nitrogen functional groups attached to an aromatic ring is 1. The van der Waals surface area contributed by atoms with Crippen LogP contribution in [0.1, 0.15) is 29.6 Å². The lowest BCUT2D eigenvalue weighted by atomic mass is 10.1. The van der Waals surface area contributed by atoms with Crippen molar-refractivity contribution in [2.24, 2.45) is 0 Å². The van der Waals surface area contributed by atoms with E-state index in [1.165, 1.54) is 0 Å². The Morgan fingerprint density at radius 1 is 1.21 bits per heavy atom. The van der Waals surface area contributed by atoms with Crippen molar-refractivity contribution in [3.63, 3.8) is 0 Å². The summed E-state index contributed by atoms with van der Waals surface area (Å²) in [7, 11) is 0. The Balaban J connectivity index is 1.71. The van der Waals surface area contributed by atoms with Crippen LogP contribution in [0.5, 0.6) is 0 Å². The molecule has 0 radical (unpaired) electrons. The van der Waals surface area contributed by atoms with Gasteiger partial charge < -0.3 is 15.0 Å². The number of nitrogens with two attached hydrogens (primary N) is 1. The first-order valence-corrected chi connectivity index (χ1v) is 6.26. The first-order chi connectivity index (χ1) is 9.31. The topological polar surface area (TPSA) is 74.2 Å². The van der Waals surface area contributed by atoms with Crippen LogP contribution in [0.2, 0.25) is 0 Å². The van der Waals surface area contributed by atoms with Gasteiger partial charge in [-0.2, -0.15) is 4.98 Å². The zero-order chi connectivity index (χ0) is 13.1. The van der Waals surface area contributed by atoms with Crippen molar-refractivity contribution in [1.29, 1.82) is 0 Å². The second-order valence-corrected chi connectivity index (χ2v) is 4.55. The van der Waals surface area contributed by atoms with E-state index in [4.69, 9.17) is 15.0 Å². The quantitative estimate of drug-likeness (QED) is 0.854.